The van der Waals surface area contributed by atoms with Gasteiger partial charge in [-0.25, -0.2) is 0 Å². The van der Waals surface area contributed by atoms with Crippen LogP contribution in [-0.4, -0.2) is 47.1 Å². The largest absolute Gasteiger partial charge is 0.468 e. The third-order valence-corrected chi connectivity index (χ3v) is 5.74. The number of hydrogen-bond donors (Lipinski definition) is 0. The molecule has 1 amide bonds. The summed E-state index contributed by atoms with van der Waals surface area (Å²) in [5.74, 6) is 1.15. The van der Waals surface area contributed by atoms with Gasteiger partial charge in [-0.15, -0.1) is 11.8 Å². The number of halogens is 1. The molecular formula is C18H21ClN2O2S. The van der Waals surface area contributed by atoms with Gasteiger partial charge in [-0.1, -0.05) is 23.7 Å². The molecule has 128 valence electrons. The molecule has 2 aromatic rings. The molecule has 0 N–H and O–H groups in total. The first-order valence-electron chi connectivity index (χ1n) is 8.08. The zero-order chi connectivity index (χ0) is 16.9. The van der Waals surface area contributed by atoms with Gasteiger partial charge in [0.1, 0.15) is 5.76 Å². The molecule has 1 aliphatic heterocycles. The summed E-state index contributed by atoms with van der Waals surface area (Å²) in [6.07, 6.45) is 1.70. The Morgan fingerprint density at radius 2 is 1.96 bits per heavy atom. The van der Waals surface area contributed by atoms with Crippen molar-refractivity contribution in [3.63, 3.8) is 0 Å². The molecule has 0 radical (unpaired) electrons. The molecule has 24 heavy (non-hydrogen) atoms. The van der Waals surface area contributed by atoms with Gasteiger partial charge in [0.05, 0.1) is 23.1 Å². The van der Waals surface area contributed by atoms with E-state index >= 15 is 0 Å². The third kappa shape index (κ3) is 4.35. The molecule has 1 aromatic heterocycles. The molecular weight excluding hydrogens is 344 g/mol. The first-order chi connectivity index (χ1) is 11.6. The van der Waals surface area contributed by atoms with E-state index in [-0.39, 0.29) is 11.2 Å². The van der Waals surface area contributed by atoms with Gasteiger partial charge >= 0.3 is 0 Å². The lowest BCUT2D eigenvalue weighted by Gasteiger charge is -2.35. The fourth-order valence-corrected chi connectivity index (χ4v) is 4.03. The number of benzene rings is 1. The fraction of sp³-hybridized carbons (Fsp3) is 0.389. The standard InChI is InChI=1S/C18H21ClN2O2S/c1-14(24-17-7-3-2-6-16(17)19)18(22)21-10-8-20(9-11-21)13-15-5-4-12-23-15/h2-7,12,14H,8-11,13H2,1H3. The van der Waals surface area contributed by atoms with E-state index < -0.39 is 0 Å². The van der Waals surface area contributed by atoms with E-state index in [4.69, 9.17) is 16.0 Å². The van der Waals surface area contributed by atoms with Crippen LogP contribution in [-0.2, 0) is 11.3 Å². The Hall–Kier alpha value is -1.43. The van der Waals surface area contributed by atoms with E-state index in [1.165, 1.54) is 11.8 Å². The van der Waals surface area contributed by atoms with Gasteiger partial charge in [0, 0.05) is 31.1 Å². The van der Waals surface area contributed by atoms with E-state index in [1.54, 1.807) is 6.26 Å². The summed E-state index contributed by atoms with van der Waals surface area (Å²) in [4.78, 5) is 17.9. The Labute approximate surface area is 151 Å². The predicted octanol–water partition coefficient (Wildman–Crippen LogP) is 3.76. The number of carbonyl (C=O) groups excluding carboxylic acids is 1. The lowest BCUT2D eigenvalue weighted by atomic mass is 10.2. The van der Waals surface area contributed by atoms with Gasteiger partial charge in [-0.05, 0) is 31.2 Å². The highest BCUT2D eigenvalue weighted by Gasteiger charge is 2.26. The van der Waals surface area contributed by atoms with Crippen LogP contribution in [0.1, 0.15) is 12.7 Å². The molecule has 0 spiro atoms. The van der Waals surface area contributed by atoms with E-state index in [1.807, 2.05) is 48.2 Å². The van der Waals surface area contributed by atoms with Crippen molar-refractivity contribution in [2.24, 2.45) is 0 Å². The maximum absolute atomic E-state index is 12.7. The summed E-state index contributed by atoms with van der Waals surface area (Å²) >= 11 is 7.71. The van der Waals surface area contributed by atoms with Crippen LogP contribution >= 0.6 is 23.4 Å². The Balaban J connectivity index is 1.50. The highest BCUT2D eigenvalue weighted by molar-refractivity contribution is 8.00. The number of nitrogens with zero attached hydrogens (tertiary/aromatic N) is 2. The van der Waals surface area contributed by atoms with E-state index in [0.717, 1.165) is 43.4 Å². The van der Waals surface area contributed by atoms with Crippen molar-refractivity contribution in [3.8, 4) is 0 Å². The molecule has 4 nitrogen and oxygen atoms in total. The lowest BCUT2D eigenvalue weighted by molar-refractivity contribution is -0.132. The minimum absolute atomic E-state index is 0.137. The van der Waals surface area contributed by atoms with Crippen LogP contribution in [0.25, 0.3) is 0 Å². The minimum Gasteiger partial charge on any atom is -0.468 e. The summed E-state index contributed by atoms with van der Waals surface area (Å²) in [7, 11) is 0. The molecule has 1 fully saturated rings. The number of carbonyl (C=O) groups is 1. The van der Waals surface area contributed by atoms with Crippen LogP contribution in [0.3, 0.4) is 0 Å². The number of rotatable bonds is 5. The van der Waals surface area contributed by atoms with Crippen molar-refractivity contribution >= 4 is 29.3 Å². The highest BCUT2D eigenvalue weighted by Crippen LogP contribution is 2.30. The molecule has 1 aliphatic rings. The van der Waals surface area contributed by atoms with Crippen LogP contribution in [0.2, 0.25) is 5.02 Å². The summed E-state index contributed by atoms with van der Waals surface area (Å²) in [5.41, 5.74) is 0. The number of amides is 1. The summed E-state index contributed by atoms with van der Waals surface area (Å²) in [5, 5.41) is 0.562. The van der Waals surface area contributed by atoms with Gasteiger partial charge < -0.3 is 9.32 Å². The highest BCUT2D eigenvalue weighted by atomic mass is 35.5. The van der Waals surface area contributed by atoms with E-state index in [2.05, 4.69) is 4.90 Å². The number of furan rings is 1. The molecule has 6 heteroatoms. The molecule has 1 saturated heterocycles. The van der Waals surface area contributed by atoms with Crippen molar-refractivity contribution < 1.29 is 9.21 Å². The van der Waals surface area contributed by atoms with E-state index in [9.17, 15) is 4.79 Å². The predicted molar refractivity (Wildman–Crippen MR) is 97.3 cm³/mol. The second-order valence-electron chi connectivity index (χ2n) is 5.87. The number of hydrogen-bond acceptors (Lipinski definition) is 4. The van der Waals surface area contributed by atoms with Crippen molar-refractivity contribution in [1.29, 1.82) is 0 Å². The third-order valence-electron chi connectivity index (χ3n) is 4.13. The van der Waals surface area contributed by atoms with Crippen LogP contribution < -0.4 is 0 Å². The van der Waals surface area contributed by atoms with Crippen LogP contribution in [0.15, 0.2) is 52.0 Å². The smallest absolute Gasteiger partial charge is 0.235 e. The van der Waals surface area contributed by atoms with Crippen LogP contribution in [0, 0.1) is 0 Å². The van der Waals surface area contributed by atoms with Crippen LogP contribution in [0.4, 0.5) is 0 Å². The maximum Gasteiger partial charge on any atom is 0.235 e. The number of piperazine rings is 1. The molecule has 1 atom stereocenters. The first kappa shape index (κ1) is 17.4. The Morgan fingerprint density at radius 1 is 1.21 bits per heavy atom. The van der Waals surface area contributed by atoms with E-state index in [0.29, 0.717) is 5.02 Å². The van der Waals surface area contributed by atoms with Gasteiger partial charge in [0.15, 0.2) is 0 Å². The number of thioether (sulfide) groups is 1. The van der Waals surface area contributed by atoms with Crippen molar-refractivity contribution in [2.45, 2.75) is 23.6 Å². The van der Waals surface area contributed by atoms with Crippen molar-refractivity contribution in [2.75, 3.05) is 26.2 Å². The molecule has 1 unspecified atom stereocenters. The maximum atomic E-state index is 12.7. The van der Waals surface area contributed by atoms with Gasteiger partial charge in [-0.2, -0.15) is 0 Å². The normalized spacial score (nSPS) is 17.0. The summed E-state index contributed by atoms with van der Waals surface area (Å²) < 4.78 is 5.39. The monoisotopic (exact) mass is 364 g/mol. The fourth-order valence-electron chi connectivity index (χ4n) is 2.79. The average molecular weight is 365 g/mol. The molecule has 1 aromatic carbocycles. The van der Waals surface area contributed by atoms with Crippen molar-refractivity contribution in [3.05, 3.63) is 53.4 Å². The van der Waals surface area contributed by atoms with Gasteiger partial charge in [0.25, 0.3) is 0 Å². The second-order valence-corrected chi connectivity index (χ2v) is 7.66. The summed E-state index contributed by atoms with van der Waals surface area (Å²) in [6.45, 7) is 6.01. The average Bonchev–Trinajstić information content (AvgIpc) is 3.10. The van der Waals surface area contributed by atoms with Gasteiger partial charge in [-0.3, -0.25) is 9.69 Å². The van der Waals surface area contributed by atoms with Gasteiger partial charge in [0.2, 0.25) is 5.91 Å². The second kappa shape index (κ2) is 8.10. The first-order valence-corrected chi connectivity index (χ1v) is 9.34. The molecule has 3 rings (SSSR count). The molecule has 0 saturated carbocycles. The molecule has 2 heterocycles. The Morgan fingerprint density at radius 3 is 2.62 bits per heavy atom. The topological polar surface area (TPSA) is 36.7 Å². The zero-order valence-electron chi connectivity index (χ0n) is 13.7. The Kier molecular flexibility index (Phi) is 5.87. The van der Waals surface area contributed by atoms with Crippen molar-refractivity contribution in [1.82, 2.24) is 9.80 Å². The SMILES string of the molecule is CC(Sc1ccccc1Cl)C(=O)N1CCN(Cc2ccco2)CC1. The molecule has 0 bridgehead atoms. The Bertz CT molecular complexity index is 669. The minimum atomic E-state index is -0.137. The quantitative estimate of drug-likeness (QED) is 0.757. The van der Waals surface area contributed by atoms with Crippen LogP contribution in [0.5, 0.6) is 0 Å². The summed E-state index contributed by atoms with van der Waals surface area (Å²) in [6, 6.07) is 11.5. The zero-order valence-corrected chi connectivity index (χ0v) is 15.2. The molecule has 0 aliphatic carbocycles. The lowest BCUT2D eigenvalue weighted by Crippen LogP contribution is -2.50.